The molecule has 0 unspecified atom stereocenters. The molecule has 2 aliphatic rings. The maximum atomic E-state index is 4.92. The minimum atomic E-state index is 0.725. The van der Waals surface area contributed by atoms with Crippen LogP contribution in [0.4, 0.5) is 0 Å². The molecule has 3 heteroatoms. The van der Waals surface area contributed by atoms with Crippen LogP contribution in [0.25, 0.3) is 11.3 Å². The van der Waals surface area contributed by atoms with Crippen LogP contribution in [0.2, 0.25) is 0 Å². The molecule has 0 amide bonds. The topological polar surface area (TPSA) is 19.4 Å². The van der Waals surface area contributed by atoms with Crippen LogP contribution in [0.15, 0.2) is 72.8 Å². The van der Waals surface area contributed by atoms with Crippen LogP contribution in [0.5, 0.6) is 0 Å². The second-order valence-electron chi connectivity index (χ2n) is 8.38. The Kier molecular flexibility index (Phi) is 5.42. The van der Waals surface area contributed by atoms with Gasteiger partial charge in [-0.3, -0.25) is 14.8 Å². The summed E-state index contributed by atoms with van der Waals surface area (Å²) in [5.74, 6) is 0. The zero-order valence-corrected chi connectivity index (χ0v) is 17.0. The number of nitrogens with zero attached hydrogens (tertiary/aromatic N) is 3. The van der Waals surface area contributed by atoms with E-state index in [4.69, 9.17) is 4.98 Å². The van der Waals surface area contributed by atoms with Gasteiger partial charge in [-0.05, 0) is 42.5 Å². The van der Waals surface area contributed by atoms with Gasteiger partial charge in [-0.1, -0.05) is 60.7 Å². The standard InChI is InChI=1S/C26H29N3/c1-2-8-22(9-3-1)26-12-6-11-24(27-26)20-28-16-14-25(15-17-28)29-18-13-21-7-4-5-10-23(21)19-29/h1-12,25H,13-20H2. The monoisotopic (exact) mass is 383 g/mol. The average Bonchev–Trinajstić information content (AvgIpc) is 2.80. The van der Waals surface area contributed by atoms with Crippen LogP contribution in [0.1, 0.15) is 29.7 Å². The number of pyridine rings is 1. The first-order valence-electron chi connectivity index (χ1n) is 10.9. The van der Waals surface area contributed by atoms with E-state index in [2.05, 4.69) is 82.6 Å². The maximum Gasteiger partial charge on any atom is 0.0705 e. The van der Waals surface area contributed by atoms with Crippen LogP contribution in [0.3, 0.4) is 0 Å². The molecule has 3 nitrogen and oxygen atoms in total. The fraction of sp³-hybridized carbons (Fsp3) is 0.346. The summed E-state index contributed by atoms with van der Waals surface area (Å²) in [4.78, 5) is 10.2. The van der Waals surface area contributed by atoms with Crippen molar-refractivity contribution in [3.05, 3.63) is 89.6 Å². The Balaban J connectivity index is 1.18. The molecule has 1 aromatic heterocycles. The third-order valence-corrected chi connectivity index (χ3v) is 6.50. The largest absolute Gasteiger partial charge is 0.297 e. The van der Waals surface area contributed by atoms with Crippen molar-refractivity contribution in [2.24, 2.45) is 0 Å². The Bertz CT molecular complexity index is 945. The van der Waals surface area contributed by atoms with Gasteiger partial charge in [0.15, 0.2) is 0 Å². The van der Waals surface area contributed by atoms with Crippen LogP contribution in [-0.2, 0) is 19.5 Å². The highest BCUT2D eigenvalue weighted by molar-refractivity contribution is 5.58. The molecule has 0 aliphatic carbocycles. The molecule has 2 aliphatic heterocycles. The number of fused-ring (bicyclic) bond motifs is 1. The van der Waals surface area contributed by atoms with E-state index in [1.807, 2.05) is 0 Å². The predicted octanol–water partition coefficient (Wildman–Crippen LogP) is 4.77. The van der Waals surface area contributed by atoms with Crippen molar-refractivity contribution in [1.82, 2.24) is 14.8 Å². The molecule has 3 aromatic rings. The van der Waals surface area contributed by atoms with E-state index < -0.39 is 0 Å². The molecule has 0 bridgehead atoms. The van der Waals surface area contributed by atoms with Gasteiger partial charge in [-0.25, -0.2) is 0 Å². The van der Waals surface area contributed by atoms with Gasteiger partial charge in [0.2, 0.25) is 0 Å². The van der Waals surface area contributed by atoms with Crippen LogP contribution < -0.4 is 0 Å². The number of hydrogen-bond donors (Lipinski definition) is 0. The second kappa shape index (κ2) is 8.48. The minimum Gasteiger partial charge on any atom is -0.297 e. The van der Waals surface area contributed by atoms with Crippen LogP contribution >= 0.6 is 0 Å². The summed E-state index contributed by atoms with van der Waals surface area (Å²) in [7, 11) is 0. The number of benzene rings is 2. The van der Waals surface area contributed by atoms with E-state index in [9.17, 15) is 0 Å². The first-order valence-corrected chi connectivity index (χ1v) is 10.9. The van der Waals surface area contributed by atoms with Gasteiger partial charge in [-0.2, -0.15) is 0 Å². The molecule has 0 atom stereocenters. The van der Waals surface area contributed by atoms with Crippen molar-refractivity contribution in [3.8, 4) is 11.3 Å². The number of hydrogen-bond acceptors (Lipinski definition) is 3. The highest BCUT2D eigenvalue weighted by atomic mass is 15.2. The maximum absolute atomic E-state index is 4.92. The Morgan fingerprint density at radius 1 is 0.759 bits per heavy atom. The summed E-state index contributed by atoms with van der Waals surface area (Å²) in [5, 5.41) is 0. The Morgan fingerprint density at radius 3 is 2.34 bits per heavy atom. The molecule has 0 radical (unpaired) electrons. The summed E-state index contributed by atoms with van der Waals surface area (Å²) < 4.78 is 0. The van der Waals surface area contributed by atoms with E-state index in [0.29, 0.717) is 0 Å². The molecule has 5 rings (SSSR count). The zero-order chi connectivity index (χ0) is 19.5. The zero-order valence-electron chi connectivity index (χ0n) is 17.0. The van der Waals surface area contributed by atoms with Crippen molar-refractivity contribution >= 4 is 0 Å². The van der Waals surface area contributed by atoms with Gasteiger partial charge in [-0.15, -0.1) is 0 Å². The molecule has 29 heavy (non-hydrogen) atoms. The summed E-state index contributed by atoms with van der Waals surface area (Å²) in [6, 6.07) is 26.6. The van der Waals surface area contributed by atoms with E-state index in [-0.39, 0.29) is 0 Å². The Labute approximate surface area is 174 Å². The van der Waals surface area contributed by atoms with Crippen molar-refractivity contribution in [2.75, 3.05) is 19.6 Å². The predicted molar refractivity (Wildman–Crippen MR) is 119 cm³/mol. The Hall–Kier alpha value is -2.49. The Morgan fingerprint density at radius 2 is 1.52 bits per heavy atom. The second-order valence-corrected chi connectivity index (χ2v) is 8.38. The fourth-order valence-electron chi connectivity index (χ4n) is 4.84. The highest BCUT2D eigenvalue weighted by Gasteiger charge is 2.27. The van der Waals surface area contributed by atoms with Gasteiger partial charge in [0, 0.05) is 44.3 Å². The third-order valence-electron chi connectivity index (χ3n) is 6.50. The SMILES string of the molecule is c1ccc(-c2cccc(CN3CCC(N4CCc5ccccc5C4)CC3)n2)cc1. The summed E-state index contributed by atoms with van der Waals surface area (Å²) >= 11 is 0. The summed E-state index contributed by atoms with van der Waals surface area (Å²) in [5.41, 5.74) is 6.52. The molecule has 0 saturated carbocycles. The number of piperidine rings is 1. The van der Waals surface area contributed by atoms with Crippen molar-refractivity contribution in [3.63, 3.8) is 0 Å². The van der Waals surface area contributed by atoms with Crippen molar-refractivity contribution in [2.45, 2.75) is 38.4 Å². The van der Waals surface area contributed by atoms with E-state index in [0.717, 1.165) is 24.8 Å². The molecule has 1 saturated heterocycles. The number of likely N-dealkylation sites (tertiary alicyclic amines) is 1. The van der Waals surface area contributed by atoms with E-state index in [1.165, 1.54) is 55.7 Å². The summed E-state index contributed by atoms with van der Waals surface area (Å²) in [6.45, 7) is 5.63. The van der Waals surface area contributed by atoms with E-state index >= 15 is 0 Å². The minimum absolute atomic E-state index is 0.725. The third kappa shape index (κ3) is 4.26. The van der Waals surface area contributed by atoms with Crippen molar-refractivity contribution in [1.29, 1.82) is 0 Å². The smallest absolute Gasteiger partial charge is 0.0705 e. The molecule has 1 fully saturated rings. The normalized spacial score (nSPS) is 18.5. The van der Waals surface area contributed by atoms with Gasteiger partial charge in [0.05, 0.1) is 11.4 Å². The van der Waals surface area contributed by atoms with Gasteiger partial charge < -0.3 is 0 Å². The molecular formula is C26H29N3. The molecule has 0 N–H and O–H groups in total. The highest BCUT2D eigenvalue weighted by Crippen LogP contribution is 2.25. The van der Waals surface area contributed by atoms with Gasteiger partial charge >= 0.3 is 0 Å². The lowest BCUT2D eigenvalue weighted by Gasteiger charge is -2.40. The summed E-state index contributed by atoms with van der Waals surface area (Å²) in [6.07, 6.45) is 3.73. The number of rotatable bonds is 4. The number of aromatic nitrogens is 1. The van der Waals surface area contributed by atoms with Gasteiger partial charge in [0.25, 0.3) is 0 Å². The molecule has 148 valence electrons. The molecule has 0 spiro atoms. The van der Waals surface area contributed by atoms with Crippen LogP contribution in [0, 0.1) is 0 Å². The molecule has 2 aromatic carbocycles. The lowest BCUT2D eigenvalue weighted by Crippen LogP contribution is -2.46. The first-order chi connectivity index (χ1) is 14.3. The van der Waals surface area contributed by atoms with E-state index in [1.54, 1.807) is 5.56 Å². The van der Waals surface area contributed by atoms with Crippen molar-refractivity contribution < 1.29 is 0 Å². The van der Waals surface area contributed by atoms with Gasteiger partial charge in [0.1, 0.15) is 0 Å². The average molecular weight is 384 g/mol. The quantitative estimate of drug-likeness (QED) is 0.647. The first kappa shape index (κ1) is 18.5. The lowest BCUT2D eigenvalue weighted by molar-refractivity contribution is 0.0943. The lowest BCUT2D eigenvalue weighted by atomic mass is 9.95. The fourth-order valence-corrected chi connectivity index (χ4v) is 4.84. The van der Waals surface area contributed by atoms with Crippen LogP contribution in [-0.4, -0.2) is 40.5 Å². The molecule has 3 heterocycles. The molecular weight excluding hydrogens is 354 g/mol.